The molecule has 0 aliphatic rings. The Balaban J connectivity index is 0. The van der Waals surface area contributed by atoms with Gasteiger partial charge >= 0.3 is 5.97 Å². The maximum atomic E-state index is 9.73. The molecule has 0 saturated heterocycles. The molecule has 0 radical (unpaired) electrons. The lowest BCUT2D eigenvalue weighted by Crippen LogP contribution is -2.38. The van der Waals surface area contributed by atoms with Crippen LogP contribution in [0.25, 0.3) is 0 Å². The molecule has 0 heterocycles. The third-order valence-corrected chi connectivity index (χ3v) is 8.30. The molecule has 0 rings (SSSR count). The van der Waals surface area contributed by atoms with Crippen LogP contribution in [0.2, 0.25) is 25.2 Å². The summed E-state index contributed by atoms with van der Waals surface area (Å²) in [5.41, 5.74) is 0.203. The van der Waals surface area contributed by atoms with Gasteiger partial charge in [0.25, 0.3) is 0 Å². The highest BCUT2D eigenvalue weighted by atomic mass is 28.4. The van der Waals surface area contributed by atoms with Gasteiger partial charge in [0.15, 0.2) is 18.1 Å². The van der Waals surface area contributed by atoms with Gasteiger partial charge in [-0.2, -0.15) is 0 Å². The monoisotopic (exact) mass is 338 g/mol. The van der Waals surface area contributed by atoms with Crippen molar-refractivity contribution < 1.29 is 29.3 Å². The van der Waals surface area contributed by atoms with Crippen LogP contribution in [0, 0.1) is 0 Å². The number of rotatable bonds is 8. The molecule has 0 bridgehead atoms. The van der Waals surface area contributed by atoms with Crippen LogP contribution >= 0.6 is 0 Å². The highest BCUT2D eigenvalue weighted by Gasteiger charge is 2.27. The van der Waals surface area contributed by atoms with Crippen LogP contribution in [0.4, 0.5) is 0 Å². The molecule has 126 valence electrons. The fraction of sp³-hybridized carbons (Fsp3) is 0.769. The van der Waals surface area contributed by atoms with E-state index in [0.717, 1.165) is 6.42 Å². The lowest BCUT2D eigenvalue weighted by atomic mass is 10.1. The van der Waals surface area contributed by atoms with Crippen LogP contribution in [0.15, 0.2) is 12.2 Å². The van der Waals surface area contributed by atoms with Crippen LogP contribution in [0.1, 0.15) is 20.3 Å². The number of carboxylic acid groups (broad SMARTS) is 1. The first-order chi connectivity index (χ1) is 9.46. The molecule has 0 aromatic rings. The molecule has 3 unspecified atom stereocenters. The molecule has 0 aliphatic carbocycles. The van der Waals surface area contributed by atoms with E-state index < -0.39 is 36.3 Å². The third kappa shape index (κ3) is 12.9. The number of aliphatic hydroxyl groups is 3. The number of carboxylic acids is 1. The lowest BCUT2D eigenvalue weighted by molar-refractivity contribution is -0.132. The SMILES string of the molecule is C=C(C)C(=O)O.CCC([SiH2]O[Si](C)(C)C)C(O)C(O)CO. The molecular weight excluding hydrogens is 308 g/mol. The Morgan fingerprint density at radius 1 is 1.33 bits per heavy atom. The Morgan fingerprint density at radius 2 is 1.76 bits per heavy atom. The van der Waals surface area contributed by atoms with Gasteiger partial charge in [-0.1, -0.05) is 19.9 Å². The first-order valence-electron chi connectivity index (χ1n) is 6.96. The van der Waals surface area contributed by atoms with Gasteiger partial charge in [0.05, 0.1) is 12.7 Å². The number of hydrogen-bond donors (Lipinski definition) is 4. The van der Waals surface area contributed by atoms with Crippen molar-refractivity contribution in [2.75, 3.05) is 6.61 Å². The fourth-order valence-corrected chi connectivity index (χ4v) is 4.84. The van der Waals surface area contributed by atoms with Crippen molar-refractivity contribution in [1.29, 1.82) is 0 Å². The zero-order valence-electron chi connectivity index (χ0n) is 13.7. The predicted octanol–water partition coefficient (Wildman–Crippen LogP) is 0.481. The highest BCUT2D eigenvalue weighted by Crippen LogP contribution is 2.19. The maximum Gasteiger partial charge on any atom is 0.330 e. The molecule has 0 aliphatic heterocycles. The molecule has 8 heteroatoms. The number of hydrogen-bond acceptors (Lipinski definition) is 5. The van der Waals surface area contributed by atoms with Gasteiger partial charge in [-0.3, -0.25) is 0 Å². The van der Waals surface area contributed by atoms with Crippen LogP contribution in [0.3, 0.4) is 0 Å². The van der Waals surface area contributed by atoms with Crippen LogP contribution in [0.5, 0.6) is 0 Å². The van der Waals surface area contributed by atoms with Gasteiger partial charge in [0.1, 0.15) is 6.10 Å². The summed E-state index contributed by atoms with van der Waals surface area (Å²) < 4.78 is 5.82. The maximum absolute atomic E-state index is 9.73. The van der Waals surface area contributed by atoms with E-state index in [1.165, 1.54) is 6.92 Å². The second kappa shape index (κ2) is 11.1. The van der Waals surface area contributed by atoms with Gasteiger partial charge in [0.2, 0.25) is 0 Å². The zero-order chi connectivity index (χ0) is 17.2. The summed E-state index contributed by atoms with van der Waals surface area (Å²) >= 11 is 0. The van der Waals surface area contributed by atoms with Crippen molar-refractivity contribution in [3.05, 3.63) is 12.2 Å². The standard InChI is InChI=1S/C9H24O4Si2.C4H6O2/c1-5-8(9(12)7(11)6-10)14-13-15(2,3)4;1-3(2)4(5)6/h7-12H,5-6,14H2,1-4H3;1H2,2H3,(H,5,6). The van der Waals surface area contributed by atoms with Gasteiger partial charge < -0.3 is 24.5 Å². The van der Waals surface area contributed by atoms with E-state index in [-0.39, 0.29) is 17.7 Å². The largest absolute Gasteiger partial charge is 0.478 e. The van der Waals surface area contributed by atoms with E-state index in [4.69, 9.17) is 14.3 Å². The average Bonchev–Trinajstić information content (AvgIpc) is 2.37. The summed E-state index contributed by atoms with van der Waals surface area (Å²) in [5.74, 6) is -0.935. The molecule has 6 nitrogen and oxygen atoms in total. The molecule has 0 saturated carbocycles. The molecule has 0 aromatic carbocycles. The third-order valence-electron chi connectivity index (χ3n) is 2.68. The van der Waals surface area contributed by atoms with Crippen LogP contribution in [-0.4, -0.2) is 63.3 Å². The first-order valence-corrected chi connectivity index (χ1v) is 11.8. The Labute approximate surface area is 130 Å². The van der Waals surface area contributed by atoms with E-state index in [1.54, 1.807) is 0 Å². The zero-order valence-corrected chi connectivity index (χ0v) is 16.1. The van der Waals surface area contributed by atoms with Gasteiger partial charge in [0, 0.05) is 11.1 Å². The smallest absolute Gasteiger partial charge is 0.330 e. The molecule has 0 spiro atoms. The second-order valence-corrected chi connectivity index (χ2v) is 12.7. The fourth-order valence-electron chi connectivity index (χ4n) is 1.24. The molecule has 0 aromatic heterocycles. The number of carbonyl (C=O) groups is 1. The van der Waals surface area contributed by atoms with Gasteiger partial charge in [-0.05, 0) is 26.6 Å². The summed E-state index contributed by atoms with van der Waals surface area (Å²) in [7, 11) is -2.36. The normalized spacial score (nSPS) is 16.0. The topological polar surface area (TPSA) is 107 Å². The van der Waals surface area contributed by atoms with Crippen molar-refractivity contribution >= 4 is 24.0 Å². The summed E-state index contributed by atoms with van der Waals surface area (Å²) in [5, 5.41) is 35.7. The molecule has 0 fully saturated rings. The van der Waals surface area contributed by atoms with E-state index in [2.05, 4.69) is 26.2 Å². The van der Waals surface area contributed by atoms with Gasteiger partial charge in [-0.25, -0.2) is 4.79 Å². The van der Waals surface area contributed by atoms with Crippen molar-refractivity contribution in [3.8, 4) is 0 Å². The van der Waals surface area contributed by atoms with E-state index in [1.807, 2.05) is 6.92 Å². The summed E-state index contributed by atoms with van der Waals surface area (Å²) in [4.78, 5) is 9.60. The number of aliphatic carboxylic acids is 1. The molecule has 21 heavy (non-hydrogen) atoms. The van der Waals surface area contributed by atoms with E-state index in [9.17, 15) is 15.0 Å². The summed E-state index contributed by atoms with van der Waals surface area (Å²) in [6.07, 6.45) is -1.09. The predicted molar refractivity (Wildman–Crippen MR) is 88.6 cm³/mol. The van der Waals surface area contributed by atoms with E-state index >= 15 is 0 Å². The van der Waals surface area contributed by atoms with Crippen molar-refractivity contribution in [2.24, 2.45) is 0 Å². The highest BCUT2D eigenvalue weighted by molar-refractivity contribution is 6.74. The van der Waals surface area contributed by atoms with Crippen molar-refractivity contribution in [3.63, 3.8) is 0 Å². The van der Waals surface area contributed by atoms with Gasteiger partial charge in [-0.15, -0.1) is 0 Å². The van der Waals surface area contributed by atoms with Crippen molar-refractivity contribution in [2.45, 2.75) is 57.7 Å². The summed E-state index contributed by atoms with van der Waals surface area (Å²) in [6, 6.07) is 0. The van der Waals surface area contributed by atoms with Crippen LogP contribution < -0.4 is 0 Å². The van der Waals surface area contributed by atoms with E-state index in [0.29, 0.717) is 0 Å². The molecule has 0 amide bonds. The average molecular weight is 339 g/mol. The Kier molecular flexibility index (Phi) is 12.0. The number of aliphatic hydroxyl groups excluding tert-OH is 3. The minimum absolute atomic E-state index is 0.0267. The minimum atomic E-state index is -1.52. The molecule has 3 atom stereocenters. The lowest BCUT2D eigenvalue weighted by Gasteiger charge is -2.27. The Morgan fingerprint density at radius 3 is 2.00 bits per heavy atom. The Bertz CT molecular complexity index is 304. The second-order valence-electron chi connectivity index (χ2n) is 5.92. The molecule has 4 N–H and O–H groups in total. The molecular formula is C13H30O6Si2. The quantitative estimate of drug-likeness (QED) is 0.379. The van der Waals surface area contributed by atoms with Crippen LogP contribution in [-0.2, 0) is 8.91 Å². The Hall–Kier alpha value is -0.516. The first kappa shape index (κ1) is 22.8. The van der Waals surface area contributed by atoms with Crippen molar-refractivity contribution in [1.82, 2.24) is 0 Å². The minimum Gasteiger partial charge on any atom is -0.478 e. The summed E-state index contributed by atoms with van der Waals surface area (Å²) in [6.45, 7) is 12.5.